The molecule has 1 aliphatic rings. The molecular weight excluding hydrogens is 186 g/mol. The number of nitrogens with one attached hydrogen (secondary N) is 1. The van der Waals surface area contributed by atoms with Crippen molar-refractivity contribution >= 4 is 0 Å². The third kappa shape index (κ3) is 2.96. The Morgan fingerprint density at radius 2 is 2.00 bits per heavy atom. The van der Waals surface area contributed by atoms with Crippen LogP contribution in [-0.4, -0.2) is 12.6 Å². The van der Waals surface area contributed by atoms with Crippen molar-refractivity contribution in [3.05, 3.63) is 29.8 Å². The molecule has 0 radical (unpaired) electrons. The second-order valence-corrected chi connectivity index (χ2v) is 4.16. The molecule has 0 amide bonds. The zero-order valence-corrected chi connectivity index (χ0v) is 9.49. The van der Waals surface area contributed by atoms with Crippen LogP contribution in [0.5, 0.6) is 5.75 Å². The zero-order chi connectivity index (χ0) is 10.7. The summed E-state index contributed by atoms with van der Waals surface area (Å²) in [5, 5.41) is 3.58. The van der Waals surface area contributed by atoms with Crippen molar-refractivity contribution in [1.82, 2.24) is 5.32 Å². The summed E-state index contributed by atoms with van der Waals surface area (Å²) in [6, 6.07) is 9.59. The molecule has 0 unspecified atom stereocenters. The monoisotopic (exact) mass is 205 g/mol. The predicted octanol–water partition coefficient (Wildman–Crippen LogP) is 2.90. The smallest absolute Gasteiger partial charge is 0.119 e. The topological polar surface area (TPSA) is 21.3 Å². The van der Waals surface area contributed by atoms with Crippen LogP contribution in [-0.2, 0) is 0 Å². The van der Waals surface area contributed by atoms with Crippen molar-refractivity contribution in [2.75, 3.05) is 6.61 Å². The average Bonchev–Trinajstić information content (AvgIpc) is 3.03. The van der Waals surface area contributed by atoms with Crippen LogP contribution in [0.25, 0.3) is 0 Å². The standard InChI is InChI=1S/C13H19NO/c1-3-15-13-8-4-11(5-9-13)10(2)14-12-6-7-12/h4-5,8-10,12,14H,3,6-7H2,1-2H3/t10-/m1/s1. The fourth-order valence-corrected chi connectivity index (χ4v) is 1.72. The Morgan fingerprint density at radius 1 is 1.33 bits per heavy atom. The molecule has 82 valence electrons. The van der Waals surface area contributed by atoms with E-state index in [1.807, 2.05) is 19.1 Å². The molecule has 0 spiro atoms. The van der Waals surface area contributed by atoms with Gasteiger partial charge in [0.2, 0.25) is 0 Å². The Hall–Kier alpha value is -1.02. The van der Waals surface area contributed by atoms with Crippen LogP contribution in [0, 0.1) is 0 Å². The molecule has 1 atom stereocenters. The van der Waals surface area contributed by atoms with Crippen LogP contribution < -0.4 is 10.1 Å². The van der Waals surface area contributed by atoms with Crippen molar-refractivity contribution in [2.24, 2.45) is 0 Å². The molecule has 0 heterocycles. The Labute approximate surface area is 91.6 Å². The van der Waals surface area contributed by atoms with Crippen molar-refractivity contribution in [3.63, 3.8) is 0 Å². The summed E-state index contributed by atoms with van der Waals surface area (Å²) in [6.07, 6.45) is 2.67. The van der Waals surface area contributed by atoms with E-state index in [4.69, 9.17) is 4.74 Å². The van der Waals surface area contributed by atoms with E-state index in [9.17, 15) is 0 Å². The molecular formula is C13H19NO. The molecule has 0 aromatic heterocycles. The second-order valence-electron chi connectivity index (χ2n) is 4.16. The van der Waals surface area contributed by atoms with Gasteiger partial charge in [-0.15, -0.1) is 0 Å². The normalized spacial score (nSPS) is 17.5. The lowest BCUT2D eigenvalue weighted by Crippen LogP contribution is -2.20. The molecule has 1 saturated carbocycles. The van der Waals surface area contributed by atoms with Gasteiger partial charge in [0.15, 0.2) is 0 Å². The molecule has 1 fully saturated rings. The number of rotatable bonds is 5. The third-order valence-corrected chi connectivity index (χ3v) is 2.75. The minimum Gasteiger partial charge on any atom is -0.494 e. The van der Waals surface area contributed by atoms with Gasteiger partial charge >= 0.3 is 0 Å². The Morgan fingerprint density at radius 3 is 2.53 bits per heavy atom. The van der Waals surface area contributed by atoms with E-state index < -0.39 is 0 Å². The van der Waals surface area contributed by atoms with Crippen molar-refractivity contribution in [1.29, 1.82) is 0 Å². The number of hydrogen-bond acceptors (Lipinski definition) is 2. The van der Waals surface area contributed by atoms with Crippen LogP contribution >= 0.6 is 0 Å². The van der Waals surface area contributed by atoms with Crippen molar-refractivity contribution < 1.29 is 4.74 Å². The first-order valence-electron chi connectivity index (χ1n) is 5.78. The van der Waals surface area contributed by atoms with Crippen LogP contribution in [0.4, 0.5) is 0 Å². The summed E-state index contributed by atoms with van der Waals surface area (Å²) in [6.45, 7) is 4.95. The van der Waals surface area contributed by atoms with Gasteiger partial charge in [0.05, 0.1) is 6.61 Å². The SMILES string of the molecule is CCOc1ccc([C@@H](C)NC2CC2)cc1. The Balaban J connectivity index is 1.95. The van der Waals surface area contributed by atoms with Gasteiger partial charge in [-0.3, -0.25) is 0 Å². The van der Waals surface area contributed by atoms with E-state index in [0.29, 0.717) is 6.04 Å². The van der Waals surface area contributed by atoms with Gasteiger partial charge in [0.25, 0.3) is 0 Å². The first-order valence-corrected chi connectivity index (χ1v) is 5.78. The second kappa shape index (κ2) is 4.67. The van der Waals surface area contributed by atoms with E-state index in [1.165, 1.54) is 18.4 Å². The minimum absolute atomic E-state index is 0.452. The number of ether oxygens (including phenoxy) is 1. The fraction of sp³-hybridized carbons (Fsp3) is 0.538. The highest BCUT2D eigenvalue weighted by molar-refractivity contribution is 5.29. The van der Waals surface area contributed by atoms with Gasteiger partial charge < -0.3 is 10.1 Å². The average molecular weight is 205 g/mol. The first kappa shape index (κ1) is 10.5. The number of benzene rings is 1. The van der Waals surface area contributed by atoms with Gasteiger partial charge in [0, 0.05) is 12.1 Å². The molecule has 2 rings (SSSR count). The van der Waals surface area contributed by atoms with Crippen LogP contribution in [0.2, 0.25) is 0 Å². The quantitative estimate of drug-likeness (QED) is 0.798. The molecule has 1 aromatic carbocycles. The van der Waals surface area contributed by atoms with E-state index in [-0.39, 0.29) is 0 Å². The molecule has 2 heteroatoms. The molecule has 0 aliphatic heterocycles. The molecule has 0 bridgehead atoms. The highest BCUT2D eigenvalue weighted by Crippen LogP contribution is 2.24. The summed E-state index contributed by atoms with van der Waals surface area (Å²) < 4.78 is 5.41. The third-order valence-electron chi connectivity index (χ3n) is 2.75. The molecule has 0 saturated heterocycles. The molecule has 1 aliphatic carbocycles. The maximum atomic E-state index is 5.41. The largest absolute Gasteiger partial charge is 0.494 e. The highest BCUT2D eigenvalue weighted by Gasteiger charge is 2.23. The maximum absolute atomic E-state index is 5.41. The zero-order valence-electron chi connectivity index (χ0n) is 9.49. The predicted molar refractivity (Wildman–Crippen MR) is 62.2 cm³/mol. The summed E-state index contributed by atoms with van der Waals surface area (Å²) in [5.41, 5.74) is 1.34. The Kier molecular flexibility index (Phi) is 3.27. The summed E-state index contributed by atoms with van der Waals surface area (Å²) >= 11 is 0. The fourth-order valence-electron chi connectivity index (χ4n) is 1.72. The molecule has 1 aromatic rings. The van der Waals surface area contributed by atoms with E-state index in [0.717, 1.165) is 18.4 Å². The lowest BCUT2D eigenvalue weighted by Gasteiger charge is -2.14. The van der Waals surface area contributed by atoms with Crippen molar-refractivity contribution in [2.45, 2.75) is 38.8 Å². The van der Waals surface area contributed by atoms with E-state index in [1.54, 1.807) is 0 Å². The van der Waals surface area contributed by atoms with E-state index >= 15 is 0 Å². The summed E-state index contributed by atoms with van der Waals surface area (Å²) in [7, 11) is 0. The molecule has 1 N–H and O–H groups in total. The highest BCUT2D eigenvalue weighted by atomic mass is 16.5. The maximum Gasteiger partial charge on any atom is 0.119 e. The van der Waals surface area contributed by atoms with Gasteiger partial charge in [-0.2, -0.15) is 0 Å². The van der Waals surface area contributed by atoms with Crippen LogP contribution in [0.3, 0.4) is 0 Å². The summed E-state index contributed by atoms with van der Waals surface area (Å²) in [4.78, 5) is 0. The van der Waals surface area contributed by atoms with Crippen molar-refractivity contribution in [3.8, 4) is 5.75 Å². The lowest BCUT2D eigenvalue weighted by molar-refractivity contribution is 0.340. The van der Waals surface area contributed by atoms with Crippen LogP contribution in [0.1, 0.15) is 38.3 Å². The van der Waals surface area contributed by atoms with Gasteiger partial charge in [-0.05, 0) is 44.4 Å². The van der Waals surface area contributed by atoms with E-state index in [2.05, 4.69) is 24.4 Å². The molecule has 2 nitrogen and oxygen atoms in total. The number of hydrogen-bond donors (Lipinski definition) is 1. The van der Waals surface area contributed by atoms with Gasteiger partial charge in [-0.25, -0.2) is 0 Å². The lowest BCUT2D eigenvalue weighted by atomic mass is 10.1. The summed E-state index contributed by atoms with van der Waals surface area (Å²) in [5.74, 6) is 0.958. The first-order chi connectivity index (χ1) is 7.29. The molecule has 15 heavy (non-hydrogen) atoms. The minimum atomic E-state index is 0.452. The Bertz CT molecular complexity index is 303. The van der Waals surface area contributed by atoms with Crippen LogP contribution in [0.15, 0.2) is 24.3 Å². The van der Waals surface area contributed by atoms with Gasteiger partial charge in [0.1, 0.15) is 5.75 Å². The van der Waals surface area contributed by atoms with Gasteiger partial charge in [-0.1, -0.05) is 12.1 Å².